The van der Waals surface area contributed by atoms with E-state index in [2.05, 4.69) is 31.2 Å². The lowest BCUT2D eigenvalue weighted by atomic mass is 9.87. The lowest BCUT2D eigenvalue weighted by Crippen LogP contribution is -2.33. The van der Waals surface area contributed by atoms with Crippen LogP contribution in [0.5, 0.6) is 5.75 Å². The van der Waals surface area contributed by atoms with E-state index in [1.54, 1.807) is 0 Å². The smallest absolute Gasteiger partial charge is 0.119 e. The van der Waals surface area contributed by atoms with Gasteiger partial charge in [0.1, 0.15) is 5.75 Å². The zero-order valence-corrected chi connectivity index (χ0v) is 10.7. The number of rotatable bonds is 5. The largest absolute Gasteiger partial charge is 0.493 e. The first-order valence-electron chi connectivity index (χ1n) is 6.70. The zero-order chi connectivity index (χ0) is 12.1. The van der Waals surface area contributed by atoms with Crippen LogP contribution in [0.15, 0.2) is 24.3 Å². The van der Waals surface area contributed by atoms with E-state index in [-0.39, 0.29) is 5.41 Å². The molecule has 0 aromatic heterocycles. The minimum absolute atomic E-state index is 0.240. The monoisotopic (exact) mass is 233 g/mol. The quantitative estimate of drug-likeness (QED) is 0.848. The molecule has 0 bridgehead atoms. The third kappa shape index (κ3) is 3.01. The molecule has 0 atom stereocenters. The Balaban J connectivity index is 1.92. The summed E-state index contributed by atoms with van der Waals surface area (Å²) in [6.45, 7) is 3.69. The first kappa shape index (κ1) is 12.4. The Bertz CT molecular complexity index is 338. The van der Waals surface area contributed by atoms with Crippen LogP contribution < -0.4 is 10.5 Å². The molecule has 2 heteroatoms. The van der Waals surface area contributed by atoms with Crippen molar-refractivity contribution in [3.63, 3.8) is 0 Å². The highest BCUT2D eigenvalue weighted by Gasteiger charge is 2.33. The molecule has 0 heterocycles. The van der Waals surface area contributed by atoms with E-state index >= 15 is 0 Å². The number of hydrogen-bond donors (Lipinski definition) is 1. The third-order valence-electron chi connectivity index (χ3n) is 3.97. The molecule has 2 rings (SSSR count). The van der Waals surface area contributed by atoms with E-state index < -0.39 is 0 Å². The molecule has 2 nitrogen and oxygen atoms in total. The summed E-state index contributed by atoms with van der Waals surface area (Å²) in [5.41, 5.74) is 7.49. The summed E-state index contributed by atoms with van der Waals surface area (Å²) in [7, 11) is 0. The predicted molar refractivity (Wildman–Crippen MR) is 71.3 cm³/mol. The van der Waals surface area contributed by atoms with Crippen molar-refractivity contribution >= 4 is 0 Å². The average molecular weight is 233 g/mol. The van der Waals surface area contributed by atoms with Crippen molar-refractivity contribution in [2.24, 2.45) is 11.1 Å². The van der Waals surface area contributed by atoms with Gasteiger partial charge in [-0.1, -0.05) is 31.9 Å². The molecule has 1 aromatic rings. The molecule has 0 unspecified atom stereocenters. The highest BCUT2D eigenvalue weighted by atomic mass is 16.5. The van der Waals surface area contributed by atoms with Crippen molar-refractivity contribution in [3.05, 3.63) is 29.8 Å². The van der Waals surface area contributed by atoms with Gasteiger partial charge in [0.15, 0.2) is 0 Å². The Hall–Kier alpha value is -1.02. The van der Waals surface area contributed by atoms with Gasteiger partial charge in [0, 0.05) is 12.0 Å². The molecule has 17 heavy (non-hydrogen) atoms. The molecule has 94 valence electrons. The SMILES string of the molecule is CCc1ccc(OCC2(CN)CCCC2)cc1. The molecule has 2 N–H and O–H groups in total. The van der Waals surface area contributed by atoms with Crippen molar-refractivity contribution in [2.45, 2.75) is 39.0 Å². The van der Waals surface area contributed by atoms with Crippen LogP contribution in [0.2, 0.25) is 0 Å². The molecule has 1 aromatic carbocycles. The standard InChI is InChI=1S/C15H23NO/c1-2-13-5-7-14(8-6-13)17-12-15(11-16)9-3-4-10-15/h5-8H,2-4,9-12,16H2,1H3. The normalized spacial score (nSPS) is 18.2. The van der Waals surface area contributed by atoms with Gasteiger partial charge in [-0.25, -0.2) is 0 Å². The molecule has 0 saturated heterocycles. The van der Waals surface area contributed by atoms with E-state index in [4.69, 9.17) is 10.5 Å². The summed E-state index contributed by atoms with van der Waals surface area (Å²) in [6.07, 6.45) is 6.12. The second-order valence-electron chi connectivity index (χ2n) is 5.20. The summed E-state index contributed by atoms with van der Waals surface area (Å²) >= 11 is 0. The average Bonchev–Trinajstić information content (AvgIpc) is 2.86. The maximum absolute atomic E-state index is 5.90. The molecule has 1 aliphatic rings. The minimum Gasteiger partial charge on any atom is -0.493 e. The first-order valence-corrected chi connectivity index (χ1v) is 6.70. The van der Waals surface area contributed by atoms with Crippen LogP contribution in [-0.2, 0) is 6.42 Å². The van der Waals surface area contributed by atoms with Crippen LogP contribution in [0.1, 0.15) is 38.2 Å². The first-order chi connectivity index (χ1) is 8.28. The Morgan fingerprint density at radius 1 is 1.18 bits per heavy atom. The Kier molecular flexibility index (Phi) is 4.06. The van der Waals surface area contributed by atoms with Gasteiger partial charge in [0.2, 0.25) is 0 Å². The summed E-state index contributed by atoms with van der Waals surface area (Å²) in [4.78, 5) is 0. The van der Waals surface area contributed by atoms with Crippen LogP contribution >= 0.6 is 0 Å². The Morgan fingerprint density at radius 3 is 2.35 bits per heavy atom. The van der Waals surface area contributed by atoms with E-state index in [0.29, 0.717) is 0 Å². The third-order valence-corrected chi connectivity index (χ3v) is 3.97. The summed E-state index contributed by atoms with van der Waals surface area (Å²) in [5.74, 6) is 0.974. The molecule has 1 aliphatic carbocycles. The lowest BCUT2D eigenvalue weighted by Gasteiger charge is -2.27. The van der Waals surface area contributed by atoms with Gasteiger partial charge in [0.05, 0.1) is 6.61 Å². The predicted octanol–water partition coefficient (Wildman–Crippen LogP) is 3.15. The fourth-order valence-corrected chi connectivity index (χ4v) is 2.59. The number of aryl methyl sites for hydroxylation is 1. The van der Waals surface area contributed by atoms with E-state index in [1.807, 2.05) is 0 Å². The van der Waals surface area contributed by atoms with Crippen molar-refractivity contribution in [3.8, 4) is 5.75 Å². The number of ether oxygens (including phenoxy) is 1. The van der Waals surface area contributed by atoms with Crippen LogP contribution in [0.4, 0.5) is 0 Å². The van der Waals surface area contributed by atoms with E-state index in [0.717, 1.165) is 25.3 Å². The highest BCUT2D eigenvalue weighted by molar-refractivity contribution is 5.27. The molecule has 0 radical (unpaired) electrons. The number of hydrogen-bond acceptors (Lipinski definition) is 2. The minimum atomic E-state index is 0.240. The molecular weight excluding hydrogens is 210 g/mol. The van der Waals surface area contributed by atoms with Gasteiger partial charge in [-0.2, -0.15) is 0 Å². The molecule has 1 saturated carbocycles. The Morgan fingerprint density at radius 2 is 1.82 bits per heavy atom. The lowest BCUT2D eigenvalue weighted by molar-refractivity contribution is 0.157. The van der Waals surface area contributed by atoms with Gasteiger partial charge in [0.25, 0.3) is 0 Å². The van der Waals surface area contributed by atoms with Gasteiger partial charge >= 0.3 is 0 Å². The molecule has 0 amide bonds. The fraction of sp³-hybridized carbons (Fsp3) is 0.600. The molecule has 0 spiro atoms. The second-order valence-corrected chi connectivity index (χ2v) is 5.20. The highest BCUT2D eigenvalue weighted by Crippen LogP contribution is 2.37. The summed E-state index contributed by atoms with van der Waals surface area (Å²) < 4.78 is 5.90. The van der Waals surface area contributed by atoms with Crippen LogP contribution in [0.25, 0.3) is 0 Å². The maximum Gasteiger partial charge on any atom is 0.119 e. The molecule has 1 fully saturated rings. The van der Waals surface area contributed by atoms with Crippen molar-refractivity contribution in [2.75, 3.05) is 13.2 Å². The van der Waals surface area contributed by atoms with Crippen molar-refractivity contribution in [1.29, 1.82) is 0 Å². The topological polar surface area (TPSA) is 35.2 Å². The van der Waals surface area contributed by atoms with Crippen LogP contribution in [0, 0.1) is 5.41 Å². The van der Waals surface area contributed by atoms with Crippen molar-refractivity contribution < 1.29 is 4.74 Å². The number of benzene rings is 1. The van der Waals surface area contributed by atoms with Gasteiger partial charge in [-0.15, -0.1) is 0 Å². The fourth-order valence-electron chi connectivity index (χ4n) is 2.59. The van der Waals surface area contributed by atoms with Gasteiger partial charge in [-0.05, 0) is 37.0 Å². The summed E-state index contributed by atoms with van der Waals surface area (Å²) in [6, 6.07) is 8.41. The number of nitrogens with two attached hydrogens (primary N) is 1. The van der Waals surface area contributed by atoms with Crippen molar-refractivity contribution in [1.82, 2.24) is 0 Å². The molecule has 0 aliphatic heterocycles. The van der Waals surface area contributed by atoms with Gasteiger partial charge < -0.3 is 10.5 Å². The Labute approximate surface area is 104 Å². The summed E-state index contributed by atoms with van der Waals surface area (Å²) in [5, 5.41) is 0. The van der Waals surface area contributed by atoms with Crippen LogP contribution in [-0.4, -0.2) is 13.2 Å². The zero-order valence-electron chi connectivity index (χ0n) is 10.7. The van der Waals surface area contributed by atoms with Gasteiger partial charge in [-0.3, -0.25) is 0 Å². The van der Waals surface area contributed by atoms with E-state index in [9.17, 15) is 0 Å². The molecular formula is C15H23NO. The van der Waals surface area contributed by atoms with E-state index in [1.165, 1.54) is 31.2 Å². The van der Waals surface area contributed by atoms with Crippen LogP contribution in [0.3, 0.4) is 0 Å². The maximum atomic E-state index is 5.90. The second kappa shape index (κ2) is 5.54.